The van der Waals surface area contributed by atoms with Crippen LogP contribution >= 0.6 is 0 Å². The van der Waals surface area contributed by atoms with Crippen molar-refractivity contribution in [3.8, 4) is 23.7 Å². The summed E-state index contributed by atoms with van der Waals surface area (Å²) in [6.07, 6.45) is 0. The molecule has 108 valence electrons. The van der Waals surface area contributed by atoms with Crippen molar-refractivity contribution in [3.63, 3.8) is 0 Å². The lowest BCUT2D eigenvalue weighted by Crippen LogP contribution is -1.95. The van der Waals surface area contributed by atoms with E-state index in [1.807, 2.05) is 24.3 Å². The number of esters is 2. The Balaban J connectivity index is 2.62. The van der Waals surface area contributed by atoms with Crippen molar-refractivity contribution in [1.29, 1.82) is 0 Å². The minimum atomic E-state index is -0.616. The van der Waals surface area contributed by atoms with Crippen molar-refractivity contribution in [3.05, 3.63) is 47.5 Å². The van der Waals surface area contributed by atoms with Gasteiger partial charge in [-0.1, -0.05) is 36.1 Å². The molecule has 0 aliphatic heterocycles. The van der Waals surface area contributed by atoms with E-state index in [0.29, 0.717) is 11.1 Å². The second-order valence-electron chi connectivity index (χ2n) is 4.19. The molecule has 0 amide bonds. The van der Waals surface area contributed by atoms with Gasteiger partial charge < -0.3 is 9.47 Å². The van der Waals surface area contributed by atoms with Gasteiger partial charge in [0.25, 0.3) is 0 Å². The SMILES string of the molecule is COC(=O)C#Cc1cccc2cccc(C#CC(=O)OC)c12. The zero-order chi connectivity index (χ0) is 15.9. The van der Waals surface area contributed by atoms with Gasteiger partial charge in [0.15, 0.2) is 0 Å². The van der Waals surface area contributed by atoms with Crippen LogP contribution < -0.4 is 0 Å². The highest BCUT2D eigenvalue weighted by Gasteiger charge is 2.04. The Kier molecular flexibility index (Phi) is 4.80. The molecule has 0 atom stereocenters. The minimum Gasteiger partial charge on any atom is -0.459 e. The Morgan fingerprint density at radius 2 is 1.27 bits per heavy atom. The van der Waals surface area contributed by atoms with E-state index in [4.69, 9.17) is 0 Å². The van der Waals surface area contributed by atoms with Crippen LogP contribution in [0.15, 0.2) is 36.4 Å². The van der Waals surface area contributed by atoms with E-state index >= 15 is 0 Å². The molecule has 0 spiro atoms. The molecular weight excluding hydrogens is 280 g/mol. The van der Waals surface area contributed by atoms with Gasteiger partial charge in [0, 0.05) is 28.4 Å². The van der Waals surface area contributed by atoms with Gasteiger partial charge in [-0.15, -0.1) is 0 Å². The monoisotopic (exact) mass is 292 g/mol. The molecule has 0 aliphatic carbocycles. The highest BCUT2D eigenvalue weighted by Crippen LogP contribution is 2.22. The smallest absolute Gasteiger partial charge is 0.384 e. The van der Waals surface area contributed by atoms with Crippen LogP contribution in [0.5, 0.6) is 0 Å². The summed E-state index contributed by atoms with van der Waals surface area (Å²) in [7, 11) is 2.54. The van der Waals surface area contributed by atoms with Crippen LogP contribution in [0.25, 0.3) is 10.8 Å². The molecule has 2 rings (SSSR count). The summed E-state index contributed by atoms with van der Waals surface area (Å²) in [5, 5.41) is 1.69. The lowest BCUT2D eigenvalue weighted by atomic mass is 9.99. The van der Waals surface area contributed by atoms with Crippen molar-refractivity contribution < 1.29 is 19.1 Å². The maximum absolute atomic E-state index is 11.2. The Bertz CT molecular complexity index is 789. The molecule has 4 nitrogen and oxygen atoms in total. The largest absolute Gasteiger partial charge is 0.459 e. The normalized spacial score (nSPS) is 9.00. The van der Waals surface area contributed by atoms with Crippen LogP contribution in [0.1, 0.15) is 11.1 Å². The first kappa shape index (κ1) is 15.2. The van der Waals surface area contributed by atoms with E-state index in [0.717, 1.165) is 10.8 Å². The molecule has 0 unspecified atom stereocenters. The van der Waals surface area contributed by atoms with Gasteiger partial charge in [-0.3, -0.25) is 0 Å². The Morgan fingerprint density at radius 3 is 1.68 bits per heavy atom. The van der Waals surface area contributed by atoms with Gasteiger partial charge >= 0.3 is 11.9 Å². The lowest BCUT2D eigenvalue weighted by molar-refractivity contribution is -0.134. The van der Waals surface area contributed by atoms with Gasteiger partial charge in [0.05, 0.1) is 14.2 Å². The fourth-order valence-electron chi connectivity index (χ4n) is 1.89. The summed E-state index contributed by atoms with van der Waals surface area (Å²) >= 11 is 0. The summed E-state index contributed by atoms with van der Waals surface area (Å²) in [6.45, 7) is 0. The van der Waals surface area contributed by atoms with E-state index in [1.165, 1.54) is 14.2 Å². The second-order valence-corrected chi connectivity index (χ2v) is 4.19. The molecule has 0 fully saturated rings. The van der Waals surface area contributed by atoms with E-state index in [2.05, 4.69) is 33.2 Å². The fourth-order valence-corrected chi connectivity index (χ4v) is 1.89. The average Bonchev–Trinajstić information content (AvgIpc) is 2.57. The summed E-state index contributed by atoms with van der Waals surface area (Å²) in [6, 6.07) is 11.0. The fraction of sp³-hybridized carbons (Fsp3) is 0.111. The molecule has 0 aliphatic rings. The number of carbonyl (C=O) groups is 2. The Morgan fingerprint density at radius 1 is 0.818 bits per heavy atom. The highest BCUT2D eigenvalue weighted by atomic mass is 16.5. The molecule has 0 radical (unpaired) electrons. The van der Waals surface area contributed by atoms with Crippen molar-refractivity contribution >= 4 is 22.7 Å². The van der Waals surface area contributed by atoms with Crippen LogP contribution in [-0.2, 0) is 19.1 Å². The molecule has 0 saturated carbocycles. The van der Waals surface area contributed by atoms with Gasteiger partial charge in [0.2, 0.25) is 0 Å². The van der Waals surface area contributed by atoms with Gasteiger partial charge in [-0.25, -0.2) is 9.59 Å². The molecule has 22 heavy (non-hydrogen) atoms. The summed E-state index contributed by atoms with van der Waals surface area (Å²) in [5.74, 6) is 9.10. The number of ether oxygens (including phenoxy) is 2. The lowest BCUT2D eigenvalue weighted by Gasteiger charge is -2.03. The molecule has 2 aromatic carbocycles. The van der Waals surface area contributed by atoms with Crippen LogP contribution in [0.3, 0.4) is 0 Å². The van der Waals surface area contributed by atoms with Gasteiger partial charge in [0.1, 0.15) is 0 Å². The summed E-state index contributed by atoms with van der Waals surface area (Å²) in [5.41, 5.74) is 1.27. The quantitative estimate of drug-likeness (QED) is 0.549. The molecule has 0 N–H and O–H groups in total. The number of hydrogen-bond acceptors (Lipinski definition) is 4. The number of methoxy groups -OCH3 is 2. The van der Waals surface area contributed by atoms with Crippen molar-refractivity contribution in [1.82, 2.24) is 0 Å². The van der Waals surface area contributed by atoms with Crippen molar-refractivity contribution in [2.75, 3.05) is 14.2 Å². The van der Waals surface area contributed by atoms with Gasteiger partial charge in [-0.05, 0) is 17.5 Å². The number of rotatable bonds is 0. The Hall–Kier alpha value is -3.24. The van der Waals surface area contributed by atoms with Crippen LogP contribution in [0, 0.1) is 23.7 Å². The minimum absolute atomic E-state index is 0.616. The molecule has 4 heteroatoms. The number of benzene rings is 2. The van der Waals surface area contributed by atoms with E-state index in [-0.39, 0.29) is 0 Å². The maximum Gasteiger partial charge on any atom is 0.384 e. The van der Waals surface area contributed by atoms with E-state index in [9.17, 15) is 9.59 Å². The third-order valence-corrected chi connectivity index (χ3v) is 2.87. The predicted molar refractivity (Wildman–Crippen MR) is 81.7 cm³/mol. The summed E-state index contributed by atoms with van der Waals surface area (Å²) < 4.78 is 9.01. The molecule has 0 heterocycles. The number of fused-ring (bicyclic) bond motifs is 1. The number of hydrogen-bond donors (Lipinski definition) is 0. The third-order valence-electron chi connectivity index (χ3n) is 2.87. The molecule has 0 aromatic heterocycles. The first-order valence-corrected chi connectivity index (χ1v) is 6.37. The van der Waals surface area contributed by atoms with Crippen molar-refractivity contribution in [2.45, 2.75) is 0 Å². The zero-order valence-corrected chi connectivity index (χ0v) is 12.1. The van der Waals surface area contributed by atoms with Crippen LogP contribution in [-0.4, -0.2) is 26.2 Å². The number of carbonyl (C=O) groups excluding carboxylic acids is 2. The first-order valence-electron chi connectivity index (χ1n) is 6.37. The van der Waals surface area contributed by atoms with Crippen LogP contribution in [0.4, 0.5) is 0 Å². The molecular formula is C18H12O4. The topological polar surface area (TPSA) is 52.6 Å². The summed E-state index contributed by atoms with van der Waals surface area (Å²) in [4.78, 5) is 22.4. The van der Waals surface area contributed by atoms with Crippen LogP contribution in [0.2, 0.25) is 0 Å². The third kappa shape index (κ3) is 3.45. The predicted octanol–water partition coefficient (Wildman–Crippen LogP) is 1.89. The van der Waals surface area contributed by atoms with E-state index < -0.39 is 11.9 Å². The molecule has 0 bridgehead atoms. The Labute approximate surface area is 128 Å². The molecule has 0 saturated heterocycles. The average molecular weight is 292 g/mol. The highest BCUT2D eigenvalue weighted by molar-refractivity contribution is 5.97. The first-order chi connectivity index (χ1) is 10.7. The van der Waals surface area contributed by atoms with E-state index in [1.54, 1.807) is 12.1 Å². The standard InChI is InChI=1S/C18H12O4/c1-21-16(19)11-9-14-7-3-5-13-6-4-8-15(18(13)14)10-12-17(20)22-2/h3-8H,1-2H3. The molecule has 2 aromatic rings. The second kappa shape index (κ2) is 6.97. The zero-order valence-electron chi connectivity index (χ0n) is 12.1. The maximum atomic E-state index is 11.2. The van der Waals surface area contributed by atoms with Gasteiger partial charge in [-0.2, -0.15) is 0 Å². The van der Waals surface area contributed by atoms with Crippen molar-refractivity contribution in [2.24, 2.45) is 0 Å².